The van der Waals surface area contributed by atoms with Crippen LogP contribution in [0.25, 0.3) is 16.6 Å². The van der Waals surface area contributed by atoms with Gasteiger partial charge in [0.15, 0.2) is 11.6 Å². The Morgan fingerprint density at radius 1 is 0.978 bits per heavy atom. The molecule has 0 aliphatic rings. The van der Waals surface area contributed by atoms with Gasteiger partial charge in [0.1, 0.15) is 22.3 Å². The van der Waals surface area contributed by atoms with Gasteiger partial charge < -0.3 is 15.5 Å². The number of hydrogen-bond donors (Lipinski definition) is 3. The SMILES string of the molecule is Cc1cc(Oc2c(F)cccc2F)ncc1-n1ncc(C(=O)c2cc3cc(F)c(NS(=O)(=O)c4cncc(F)c4)cc3[nH]2)c1N. The van der Waals surface area contributed by atoms with Crippen molar-refractivity contribution in [2.24, 2.45) is 0 Å². The predicted octanol–water partition coefficient (Wildman–Crippen LogP) is 5.41. The number of H-pyrrole nitrogens is 1. The zero-order valence-corrected chi connectivity index (χ0v) is 23.7. The van der Waals surface area contributed by atoms with E-state index in [4.69, 9.17) is 10.5 Å². The molecular weight excluding hydrogens is 618 g/mol. The number of rotatable bonds is 8. The van der Waals surface area contributed by atoms with Crippen LogP contribution in [-0.2, 0) is 10.0 Å². The van der Waals surface area contributed by atoms with Crippen molar-refractivity contribution in [2.75, 3.05) is 10.5 Å². The van der Waals surface area contributed by atoms with Crippen LogP contribution in [0.4, 0.5) is 29.1 Å². The van der Waals surface area contributed by atoms with E-state index in [2.05, 4.69) is 24.8 Å². The molecule has 4 heterocycles. The second-order valence-corrected chi connectivity index (χ2v) is 11.4. The number of aromatic nitrogens is 5. The lowest BCUT2D eigenvalue weighted by Crippen LogP contribution is -2.14. The highest BCUT2D eigenvalue weighted by atomic mass is 32.2. The van der Waals surface area contributed by atoms with Crippen LogP contribution < -0.4 is 15.2 Å². The molecule has 0 spiro atoms. The van der Waals surface area contributed by atoms with Gasteiger partial charge in [-0.2, -0.15) is 5.10 Å². The largest absolute Gasteiger partial charge is 0.433 e. The lowest BCUT2D eigenvalue weighted by Gasteiger charge is -2.11. The quantitative estimate of drug-likeness (QED) is 0.148. The van der Waals surface area contributed by atoms with E-state index in [-0.39, 0.29) is 33.9 Å². The summed E-state index contributed by atoms with van der Waals surface area (Å²) in [4.78, 5) is 23.3. The maximum atomic E-state index is 14.9. The van der Waals surface area contributed by atoms with Gasteiger partial charge >= 0.3 is 0 Å². The van der Waals surface area contributed by atoms with E-state index in [1.807, 2.05) is 0 Å². The Balaban J connectivity index is 1.26. The Hall–Kier alpha value is -5.77. The van der Waals surface area contributed by atoms with Gasteiger partial charge in [0, 0.05) is 23.2 Å². The smallest absolute Gasteiger partial charge is 0.263 e. The highest BCUT2D eigenvalue weighted by molar-refractivity contribution is 7.92. The molecule has 0 aliphatic heterocycles. The highest BCUT2D eigenvalue weighted by Crippen LogP contribution is 2.30. The minimum absolute atomic E-state index is 0.00417. The first-order valence-electron chi connectivity index (χ1n) is 12.8. The number of carbonyl (C=O) groups excluding carboxylic acids is 1. The minimum atomic E-state index is -4.38. The van der Waals surface area contributed by atoms with Gasteiger partial charge in [0.25, 0.3) is 10.0 Å². The van der Waals surface area contributed by atoms with Crippen LogP contribution in [0.1, 0.15) is 21.6 Å². The molecule has 0 amide bonds. The second kappa shape index (κ2) is 11.1. The summed E-state index contributed by atoms with van der Waals surface area (Å²) in [6.07, 6.45) is 4.25. The summed E-state index contributed by atoms with van der Waals surface area (Å²) in [6.45, 7) is 1.65. The molecule has 4 aromatic heterocycles. The van der Waals surface area contributed by atoms with Crippen molar-refractivity contribution in [1.29, 1.82) is 0 Å². The van der Waals surface area contributed by atoms with Crippen LogP contribution in [0.3, 0.4) is 0 Å². The van der Waals surface area contributed by atoms with E-state index >= 15 is 0 Å². The summed E-state index contributed by atoms with van der Waals surface area (Å²) >= 11 is 0. The van der Waals surface area contributed by atoms with Gasteiger partial charge in [0.05, 0.1) is 41.2 Å². The molecule has 0 unspecified atom stereocenters. The normalized spacial score (nSPS) is 11.6. The molecule has 16 heteroatoms. The van der Waals surface area contributed by atoms with Crippen molar-refractivity contribution in [3.05, 3.63) is 113 Å². The third-order valence-corrected chi connectivity index (χ3v) is 7.98. The van der Waals surface area contributed by atoms with Crippen LogP contribution >= 0.6 is 0 Å². The molecule has 4 N–H and O–H groups in total. The fraction of sp³-hybridized carbons (Fsp3) is 0.0345. The molecule has 0 bridgehead atoms. The molecular formula is C29H19F4N7O4S. The van der Waals surface area contributed by atoms with Gasteiger partial charge in [-0.3, -0.25) is 14.5 Å². The zero-order chi connectivity index (χ0) is 32.0. The maximum absolute atomic E-state index is 14.9. The number of hydrogen-bond acceptors (Lipinski definition) is 8. The van der Waals surface area contributed by atoms with Crippen LogP contribution in [0.5, 0.6) is 11.6 Å². The summed E-state index contributed by atoms with van der Waals surface area (Å²) in [5.41, 5.74) is 6.84. The number of fused-ring (bicyclic) bond motifs is 1. The number of ketones is 1. The first-order chi connectivity index (χ1) is 21.4. The van der Waals surface area contributed by atoms with Crippen molar-refractivity contribution in [1.82, 2.24) is 24.7 Å². The standard InChI is InChI=1S/C29H19F4N7O4S/c1-14-5-26(44-28-19(31)3-2-4-20(28)32)36-13-25(14)40-29(34)18(12-37-40)27(41)24-7-15-6-21(33)23(9-22(15)38-24)39-45(42,43)17-8-16(30)10-35-11-17/h2-13,38-39H,34H2,1H3. The van der Waals surface area contributed by atoms with E-state index < -0.39 is 55.4 Å². The molecule has 228 valence electrons. The maximum Gasteiger partial charge on any atom is 0.263 e. The summed E-state index contributed by atoms with van der Waals surface area (Å²) in [5.74, 6) is -5.04. The second-order valence-electron chi connectivity index (χ2n) is 9.69. The number of pyridine rings is 2. The van der Waals surface area contributed by atoms with Crippen LogP contribution in [0, 0.1) is 30.2 Å². The Kier molecular flexibility index (Phi) is 7.20. The number of carbonyl (C=O) groups is 1. The third kappa shape index (κ3) is 5.53. The summed E-state index contributed by atoms with van der Waals surface area (Å²) in [7, 11) is -4.38. The van der Waals surface area contributed by atoms with E-state index in [1.165, 1.54) is 35.3 Å². The van der Waals surface area contributed by atoms with Crippen LogP contribution in [0.15, 0.2) is 78.2 Å². The topological polar surface area (TPSA) is 158 Å². The molecule has 11 nitrogen and oxygen atoms in total. The van der Waals surface area contributed by atoms with Crippen LogP contribution in [-0.4, -0.2) is 38.9 Å². The monoisotopic (exact) mass is 637 g/mol. The molecule has 0 atom stereocenters. The number of halogens is 4. The molecule has 0 saturated heterocycles. The first-order valence-corrected chi connectivity index (χ1v) is 14.3. The number of anilines is 2. The lowest BCUT2D eigenvalue weighted by molar-refractivity contribution is 0.103. The number of benzene rings is 2. The van der Waals surface area contributed by atoms with E-state index in [0.29, 0.717) is 11.3 Å². The average Bonchev–Trinajstić information content (AvgIpc) is 3.58. The number of nitrogens with one attached hydrogen (secondary N) is 2. The molecule has 2 aromatic carbocycles. The van der Waals surface area contributed by atoms with Crippen LogP contribution in [0.2, 0.25) is 0 Å². The van der Waals surface area contributed by atoms with Gasteiger partial charge in [-0.1, -0.05) is 6.07 Å². The number of sulfonamides is 1. The number of para-hydroxylation sites is 1. The van der Waals surface area contributed by atoms with Gasteiger partial charge in [-0.15, -0.1) is 0 Å². The highest BCUT2D eigenvalue weighted by Gasteiger charge is 2.23. The molecule has 0 aliphatic carbocycles. The van der Waals surface area contributed by atoms with Crippen molar-refractivity contribution >= 4 is 38.2 Å². The van der Waals surface area contributed by atoms with Crippen molar-refractivity contribution in [2.45, 2.75) is 11.8 Å². The number of nitrogens with two attached hydrogens (primary N) is 1. The molecule has 6 aromatic rings. The molecule has 6 rings (SSSR count). The number of nitrogen functional groups attached to an aromatic ring is 1. The predicted molar refractivity (Wildman–Crippen MR) is 154 cm³/mol. The van der Waals surface area contributed by atoms with E-state index in [1.54, 1.807) is 6.92 Å². The summed E-state index contributed by atoms with van der Waals surface area (Å²) in [5, 5.41) is 4.43. The average molecular weight is 638 g/mol. The Labute approximate surface area is 251 Å². The van der Waals surface area contributed by atoms with Crippen molar-refractivity contribution in [3.8, 4) is 17.3 Å². The van der Waals surface area contributed by atoms with Crippen molar-refractivity contribution in [3.63, 3.8) is 0 Å². The molecule has 45 heavy (non-hydrogen) atoms. The molecule has 0 saturated carbocycles. The fourth-order valence-electron chi connectivity index (χ4n) is 4.45. The molecule has 0 fully saturated rings. The number of aromatic amines is 1. The zero-order valence-electron chi connectivity index (χ0n) is 22.8. The Morgan fingerprint density at radius 3 is 2.44 bits per heavy atom. The molecule has 0 radical (unpaired) electrons. The number of nitrogens with zero attached hydrogens (tertiary/aromatic N) is 4. The summed E-state index contributed by atoms with van der Waals surface area (Å²) in [6, 6.07) is 8.93. The van der Waals surface area contributed by atoms with E-state index in [9.17, 15) is 30.8 Å². The summed E-state index contributed by atoms with van der Waals surface area (Å²) < 4.78 is 90.2. The fourth-order valence-corrected chi connectivity index (χ4v) is 5.48. The third-order valence-electron chi connectivity index (χ3n) is 6.65. The van der Waals surface area contributed by atoms with Gasteiger partial charge in [-0.25, -0.2) is 35.6 Å². The Morgan fingerprint density at radius 2 is 1.73 bits per heavy atom. The lowest BCUT2D eigenvalue weighted by atomic mass is 10.1. The number of ether oxygens (including phenoxy) is 1. The Bertz CT molecular complexity index is 2230. The van der Waals surface area contributed by atoms with E-state index in [0.717, 1.165) is 42.7 Å². The van der Waals surface area contributed by atoms with Gasteiger partial charge in [0.2, 0.25) is 17.4 Å². The minimum Gasteiger partial charge on any atom is -0.433 e. The van der Waals surface area contributed by atoms with Gasteiger partial charge in [-0.05, 0) is 48.9 Å². The number of aryl methyl sites for hydroxylation is 1. The first kappa shape index (κ1) is 29.3. The van der Waals surface area contributed by atoms with Crippen molar-refractivity contribution < 1.29 is 35.5 Å².